The minimum Gasteiger partial charge on any atom is -0.461 e. The number of hydrogen-bond acceptors (Lipinski definition) is 5. The quantitative estimate of drug-likeness (QED) is 0.415. The van der Waals surface area contributed by atoms with Crippen molar-refractivity contribution in [3.8, 4) is 5.69 Å². The molecule has 0 aliphatic carbocycles. The maximum atomic E-state index is 12.4. The van der Waals surface area contributed by atoms with E-state index < -0.39 is 5.97 Å². The molecule has 2 heterocycles. The van der Waals surface area contributed by atoms with E-state index in [1.54, 1.807) is 31.5 Å². The molecule has 0 saturated carbocycles. The van der Waals surface area contributed by atoms with Crippen molar-refractivity contribution >= 4 is 50.8 Å². The number of ether oxygens (including phenoxy) is 1. The van der Waals surface area contributed by atoms with Crippen molar-refractivity contribution in [1.29, 1.82) is 0 Å². The number of anilines is 1. The van der Waals surface area contributed by atoms with E-state index in [2.05, 4.69) is 26.2 Å². The summed E-state index contributed by atoms with van der Waals surface area (Å²) >= 11 is 9.23. The van der Waals surface area contributed by atoms with Gasteiger partial charge < -0.3 is 10.1 Å². The number of rotatable bonds is 5. The van der Waals surface area contributed by atoms with Gasteiger partial charge in [0.1, 0.15) is 6.33 Å². The Bertz CT molecular complexity index is 1190. The second kappa shape index (κ2) is 9.03. The fourth-order valence-electron chi connectivity index (χ4n) is 3.40. The summed E-state index contributed by atoms with van der Waals surface area (Å²) in [6.45, 7) is 2.25. The minimum atomic E-state index is -0.482. The van der Waals surface area contributed by atoms with Crippen LogP contribution in [0.4, 0.5) is 5.69 Å². The molecule has 1 aliphatic rings. The van der Waals surface area contributed by atoms with Gasteiger partial charge in [0.15, 0.2) is 5.69 Å². The number of carbonyl (C=O) groups is 2. The van der Waals surface area contributed by atoms with Crippen LogP contribution in [-0.4, -0.2) is 39.1 Å². The fourth-order valence-corrected chi connectivity index (χ4v) is 3.67. The molecular formula is C22H18BrClN4O3. The SMILES string of the molecule is CCOC(=O)c1ncn2c1CN=C(c1ccc(Cl)cc1)c1cc(NC(=O)CBr)ccc1-2. The van der Waals surface area contributed by atoms with Gasteiger partial charge in [0, 0.05) is 21.8 Å². The van der Waals surface area contributed by atoms with Crippen molar-refractivity contribution < 1.29 is 14.3 Å². The predicted octanol–water partition coefficient (Wildman–Crippen LogP) is 4.39. The lowest BCUT2D eigenvalue weighted by atomic mass is 10.00. The van der Waals surface area contributed by atoms with Crippen LogP contribution in [0.25, 0.3) is 5.69 Å². The molecule has 0 atom stereocenters. The van der Waals surface area contributed by atoms with Crippen molar-refractivity contribution in [2.24, 2.45) is 4.99 Å². The Kier molecular flexibility index (Phi) is 6.20. The number of aromatic nitrogens is 2. The lowest BCUT2D eigenvalue weighted by Gasteiger charge is -2.14. The molecule has 0 saturated heterocycles. The Morgan fingerprint density at radius 3 is 2.71 bits per heavy atom. The van der Waals surface area contributed by atoms with E-state index in [1.165, 1.54) is 0 Å². The highest BCUT2D eigenvalue weighted by molar-refractivity contribution is 9.09. The molecule has 0 fully saturated rings. The normalized spacial score (nSPS) is 12.3. The highest BCUT2D eigenvalue weighted by Crippen LogP contribution is 2.29. The number of imidazole rings is 1. The molecule has 2 aromatic carbocycles. The predicted molar refractivity (Wildman–Crippen MR) is 123 cm³/mol. The molecule has 0 unspecified atom stereocenters. The molecule has 1 aliphatic heterocycles. The van der Waals surface area contributed by atoms with Crippen LogP contribution >= 0.6 is 27.5 Å². The third-order valence-corrected chi connectivity index (χ3v) is 5.52. The van der Waals surface area contributed by atoms with Crippen molar-refractivity contribution in [2.45, 2.75) is 13.5 Å². The number of aliphatic imine (C=N–C) groups is 1. The van der Waals surface area contributed by atoms with Gasteiger partial charge in [-0.15, -0.1) is 0 Å². The molecule has 3 aromatic rings. The van der Waals surface area contributed by atoms with Crippen LogP contribution in [0, 0.1) is 0 Å². The van der Waals surface area contributed by atoms with Crippen LogP contribution < -0.4 is 5.32 Å². The van der Waals surface area contributed by atoms with Gasteiger partial charge in [-0.05, 0) is 37.3 Å². The van der Waals surface area contributed by atoms with E-state index >= 15 is 0 Å². The molecule has 1 aromatic heterocycles. The zero-order chi connectivity index (χ0) is 22.0. The third kappa shape index (κ3) is 4.26. The van der Waals surface area contributed by atoms with Crippen molar-refractivity contribution in [3.05, 3.63) is 76.3 Å². The molecule has 31 heavy (non-hydrogen) atoms. The number of halogens is 2. The summed E-state index contributed by atoms with van der Waals surface area (Å²) in [7, 11) is 0. The average Bonchev–Trinajstić information content (AvgIpc) is 3.12. The highest BCUT2D eigenvalue weighted by Gasteiger charge is 2.25. The third-order valence-electron chi connectivity index (χ3n) is 4.76. The van der Waals surface area contributed by atoms with Gasteiger partial charge in [-0.1, -0.05) is 39.7 Å². The smallest absolute Gasteiger partial charge is 0.358 e. The Balaban J connectivity index is 1.88. The van der Waals surface area contributed by atoms with Gasteiger partial charge in [0.05, 0.1) is 35.6 Å². The number of benzene rings is 2. The van der Waals surface area contributed by atoms with Gasteiger partial charge >= 0.3 is 5.97 Å². The molecule has 4 rings (SSSR count). The second-order valence-corrected chi connectivity index (χ2v) is 7.71. The van der Waals surface area contributed by atoms with Crippen LogP contribution in [0.5, 0.6) is 0 Å². The summed E-state index contributed by atoms with van der Waals surface area (Å²) in [5.41, 5.74) is 4.69. The largest absolute Gasteiger partial charge is 0.461 e. The molecule has 9 heteroatoms. The first-order valence-electron chi connectivity index (χ1n) is 9.56. The topological polar surface area (TPSA) is 85.6 Å². The summed E-state index contributed by atoms with van der Waals surface area (Å²) in [5.74, 6) is -0.643. The van der Waals surface area contributed by atoms with Gasteiger partial charge in [0.25, 0.3) is 0 Å². The van der Waals surface area contributed by atoms with E-state index in [0.717, 1.165) is 22.5 Å². The van der Waals surface area contributed by atoms with E-state index in [9.17, 15) is 9.59 Å². The van der Waals surface area contributed by atoms with Crippen LogP contribution in [0.2, 0.25) is 5.02 Å². The maximum absolute atomic E-state index is 12.4. The van der Waals surface area contributed by atoms with E-state index in [1.807, 2.05) is 28.8 Å². The van der Waals surface area contributed by atoms with Gasteiger partial charge in [-0.2, -0.15) is 0 Å². The van der Waals surface area contributed by atoms with Crippen molar-refractivity contribution in [3.63, 3.8) is 0 Å². The molecular weight excluding hydrogens is 484 g/mol. The van der Waals surface area contributed by atoms with E-state index in [4.69, 9.17) is 21.3 Å². The van der Waals surface area contributed by atoms with E-state index in [-0.39, 0.29) is 30.1 Å². The van der Waals surface area contributed by atoms with Crippen molar-refractivity contribution in [1.82, 2.24) is 9.55 Å². The fraction of sp³-hybridized carbons (Fsp3) is 0.182. The lowest BCUT2D eigenvalue weighted by Crippen LogP contribution is -2.14. The first-order chi connectivity index (χ1) is 15.0. The van der Waals surface area contributed by atoms with Crippen LogP contribution in [0.15, 0.2) is 53.8 Å². The van der Waals surface area contributed by atoms with Crippen LogP contribution in [-0.2, 0) is 16.1 Å². The van der Waals surface area contributed by atoms with Gasteiger partial charge in [-0.3, -0.25) is 14.4 Å². The first kappa shape index (κ1) is 21.3. The number of carbonyl (C=O) groups excluding carboxylic acids is 2. The Morgan fingerprint density at radius 2 is 2.00 bits per heavy atom. The van der Waals surface area contributed by atoms with E-state index in [0.29, 0.717) is 16.4 Å². The summed E-state index contributed by atoms with van der Waals surface area (Å²) in [6, 6.07) is 12.9. The van der Waals surface area contributed by atoms with Crippen LogP contribution in [0.3, 0.4) is 0 Å². The summed E-state index contributed by atoms with van der Waals surface area (Å²) in [6.07, 6.45) is 1.59. The molecule has 0 bridgehead atoms. The minimum absolute atomic E-state index is 0.161. The maximum Gasteiger partial charge on any atom is 0.358 e. The number of nitrogens with zero attached hydrogens (tertiary/aromatic N) is 3. The summed E-state index contributed by atoms with van der Waals surface area (Å²) in [5, 5.41) is 3.66. The molecule has 158 valence electrons. The number of nitrogens with one attached hydrogen (secondary N) is 1. The number of hydrogen-bond donors (Lipinski definition) is 1. The highest BCUT2D eigenvalue weighted by atomic mass is 79.9. The number of alkyl halides is 1. The Morgan fingerprint density at radius 1 is 1.23 bits per heavy atom. The van der Waals surface area contributed by atoms with Gasteiger partial charge in [-0.25, -0.2) is 9.78 Å². The standard InChI is InChI=1S/C22H18BrClN4O3/c1-2-31-22(30)21-18-11-25-20(13-3-5-14(24)6-4-13)16-9-15(27-19(29)10-23)7-8-17(16)28(18)12-26-21/h3-9,12H,2,10-11H2,1H3,(H,27,29). The number of amides is 1. The summed E-state index contributed by atoms with van der Waals surface area (Å²) < 4.78 is 6.99. The molecule has 1 N–H and O–H groups in total. The van der Waals surface area contributed by atoms with Gasteiger partial charge in [0.2, 0.25) is 5.91 Å². The number of fused-ring (bicyclic) bond motifs is 3. The first-order valence-corrected chi connectivity index (χ1v) is 11.1. The van der Waals surface area contributed by atoms with Crippen LogP contribution in [0.1, 0.15) is 34.2 Å². The monoisotopic (exact) mass is 500 g/mol. The Labute approximate surface area is 192 Å². The number of esters is 1. The van der Waals surface area contributed by atoms with Crippen molar-refractivity contribution in [2.75, 3.05) is 17.3 Å². The molecule has 1 amide bonds. The zero-order valence-corrected chi connectivity index (χ0v) is 18.9. The molecule has 0 spiro atoms. The lowest BCUT2D eigenvalue weighted by molar-refractivity contribution is -0.113. The molecule has 0 radical (unpaired) electrons. The zero-order valence-electron chi connectivity index (χ0n) is 16.6. The summed E-state index contributed by atoms with van der Waals surface area (Å²) in [4.78, 5) is 33.3. The Hall–Kier alpha value is -2.97. The average molecular weight is 502 g/mol. The molecule has 7 nitrogen and oxygen atoms in total. The second-order valence-electron chi connectivity index (χ2n) is 6.72.